The number of rotatable bonds is 10. The number of aliphatic imine (C=N–C) groups is 1. The van der Waals surface area contributed by atoms with Crippen molar-refractivity contribution in [3.8, 4) is 5.75 Å². The van der Waals surface area contributed by atoms with Crippen molar-refractivity contribution in [1.82, 2.24) is 15.6 Å². The van der Waals surface area contributed by atoms with Gasteiger partial charge in [-0.3, -0.25) is 0 Å². The molecule has 0 saturated heterocycles. The van der Waals surface area contributed by atoms with Gasteiger partial charge >= 0.3 is 0 Å². The van der Waals surface area contributed by atoms with Crippen molar-refractivity contribution >= 4 is 29.9 Å². The van der Waals surface area contributed by atoms with Gasteiger partial charge in [-0.05, 0) is 38.5 Å². The molecule has 1 aromatic heterocycles. The Morgan fingerprint density at radius 2 is 2.04 bits per heavy atom. The van der Waals surface area contributed by atoms with Gasteiger partial charge in [-0.25, -0.2) is 9.98 Å². The lowest BCUT2D eigenvalue weighted by molar-refractivity contribution is 0.172. The van der Waals surface area contributed by atoms with E-state index in [1.54, 1.807) is 7.11 Å². The molecular weight excluding hydrogens is 471 g/mol. The van der Waals surface area contributed by atoms with Gasteiger partial charge in [0.2, 0.25) is 5.89 Å². The van der Waals surface area contributed by atoms with Gasteiger partial charge in [0.1, 0.15) is 11.5 Å². The molecule has 28 heavy (non-hydrogen) atoms. The Hall–Kier alpha value is -1.81. The van der Waals surface area contributed by atoms with Crippen molar-refractivity contribution in [1.29, 1.82) is 0 Å². The molecule has 0 aliphatic heterocycles. The zero-order valence-corrected chi connectivity index (χ0v) is 19.4. The van der Waals surface area contributed by atoms with Crippen LogP contribution in [0.15, 0.2) is 33.7 Å². The van der Waals surface area contributed by atoms with E-state index in [9.17, 15) is 0 Å². The molecule has 0 aliphatic rings. The summed E-state index contributed by atoms with van der Waals surface area (Å²) in [5.41, 5.74) is 2.00. The molecule has 1 aromatic carbocycles. The first-order valence-electron chi connectivity index (χ1n) is 9.28. The van der Waals surface area contributed by atoms with Crippen LogP contribution < -0.4 is 15.4 Å². The quantitative estimate of drug-likeness (QED) is 0.224. The van der Waals surface area contributed by atoms with E-state index >= 15 is 0 Å². The fourth-order valence-corrected chi connectivity index (χ4v) is 2.41. The lowest BCUT2D eigenvalue weighted by atomic mass is 10.2. The van der Waals surface area contributed by atoms with Crippen molar-refractivity contribution in [3.63, 3.8) is 0 Å². The van der Waals surface area contributed by atoms with Crippen LogP contribution in [-0.4, -0.2) is 37.8 Å². The molecule has 0 amide bonds. The first kappa shape index (κ1) is 24.2. The van der Waals surface area contributed by atoms with Gasteiger partial charge in [0.25, 0.3) is 0 Å². The van der Waals surface area contributed by atoms with Crippen LogP contribution in [0, 0.1) is 13.8 Å². The minimum absolute atomic E-state index is 0. The van der Waals surface area contributed by atoms with Gasteiger partial charge in [-0.15, -0.1) is 24.0 Å². The van der Waals surface area contributed by atoms with Crippen LogP contribution in [0.4, 0.5) is 0 Å². The van der Waals surface area contributed by atoms with E-state index in [1.165, 1.54) is 0 Å². The second-order valence-corrected chi connectivity index (χ2v) is 6.14. The van der Waals surface area contributed by atoms with Gasteiger partial charge in [0.15, 0.2) is 5.96 Å². The Bertz CT molecular complexity index is 714. The van der Waals surface area contributed by atoms with Crippen molar-refractivity contribution in [3.05, 3.63) is 47.2 Å². The normalized spacial score (nSPS) is 11.1. The molecule has 156 valence electrons. The summed E-state index contributed by atoms with van der Waals surface area (Å²) in [6.45, 7) is 9.03. The Labute approximate surface area is 184 Å². The first-order chi connectivity index (χ1) is 13.1. The van der Waals surface area contributed by atoms with Gasteiger partial charge < -0.3 is 24.5 Å². The van der Waals surface area contributed by atoms with Gasteiger partial charge in [-0.1, -0.05) is 12.1 Å². The zero-order chi connectivity index (χ0) is 19.5. The van der Waals surface area contributed by atoms with Crippen LogP contribution in [0.25, 0.3) is 0 Å². The molecule has 0 atom stereocenters. The molecule has 0 saturated carbocycles. The number of ether oxygens (including phenoxy) is 2. The number of aryl methyl sites for hydroxylation is 2. The second-order valence-electron chi connectivity index (χ2n) is 6.14. The zero-order valence-electron chi connectivity index (χ0n) is 17.1. The van der Waals surface area contributed by atoms with E-state index in [0.29, 0.717) is 32.2 Å². The van der Waals surface area contributed by atoms with E-state index < -0.39 is 0 Å². The van der Waals surface area contributed by atoms with Crippen molar-refractivity contribution in [2.45, 2.75) is 40.3 Å². The molecule has 7 nitrogen and oxygen atoms in total. The molecule has 8 heteroatoms. The summed E-state index contributed by atoms with van der Waals surface area (Å²) in [5.74, 6) is 3.07. The summed E-state index contributed by atoms with van der Waals surface area (Å²) < 4.78 is 16.4. The molecule has 0 bridgehead atoms. The average molecular weight is 502 g/mol. The molecule has 0 aliphatic carbocycles. The highest BCUT2D eigenvalue weighted by Gasteiger charge is 2.06. The molecule has 0 radical (unpaired) electrons. The molecule has 1 heterocycles. The van der Waals surface area contributed by atoms with Gasteiger partial charge in [0.05, 0.1) is 25.4 Å². The predicted octanol–water partition coefficient (Wildman–Crippen LogP) is 3.58. The van der Waals surface area contributed by atoms with E-state index in [1.807, 2.05) is 45.0 Å². The summed E-state index contributed by atoms with van der Waals surface area (Å²) >= 11 is 0. The maximum Gasteiger partial charge on any atom is 0.214 e. The Kier molecular flexibility index (Phi) is 11.6. The predicted molar refractivity (Wildman–Crippen MR) is 121 cm³/mol. The van der Waals surface area contributed by atoms with Crippen LogP contribution in [0.5, 0.6) is 5.75 Å². The van der Waals surface area contributed by atoms with Gasteiger partial charge in [-0.2, -0.15) is 0 Å². The topological polar surface area (TPSA) is 80.9 Å². The number of methoxy groups -OCH3 is 1. The third-order valence-corrected chi connectivity index (χ3v) is 3.90. The monoisotopic (exact) mass is 502 g/mol. The minimum Gasteiger partial charge on any atom is -0.493 e. The summed E-state index contributed by atoms with van der Waals surface area (Å²) in [7, 11) is 1.69. The maximum atomic E-state index is 5.74. The number of hydrogen-bond donors (Lipinski definition) is 2. The molecule has 2 aromatic rings. The van der Waals surface area contributed by atoms with E-state index in [0.717, 1.165) is 41.7 Å². The number of benzene rings is 1. The lowest BCUT2D eigenvalue weighted by Gasteiger charge is -2.10. The van der Waals surface area contributed by atoms with Crippen molar-refractivity contribution < 1.29 is 13.9 Å². The van der Waals surface area contributed by atoms with Crippen LogP contribution in [0.1, 0.15) is 36.3 Å². The van der Waals surface area contributed by atoms with Gasteiger partial charge in [0, 0.05) is 26.7 Å². The third-order valence-electron chi connectivity index (χ3n) is 3.90. The molecule has 2 N–H and O–H groups in total. The Balaban J connectivity index is 0.00000392. The molecule has 2 rings (SSSR count). The number of halogens is 1. The standard InChI is InChI=1S/C20H30N4O3.HI/c1-5-21-20(23-14-19-24-15(2)16(3)27-19)22-13-17-8-6-9-18(12-17)26-11-7-10-25-4;/h6,8-9,12H,5,7,10-11,13-14H2,1-4H3,(H2,21,22,23);1H. The van der Waals surface area contributed by atoms with E-state index in [-0.39, 0.29) is 24.0 Å². The smallest absolute Gasteiger partial charge is 0.214 e. The summed E-state index contributed by atoms with van der Waals surface area (Å²) in [6, 6.07) is 7.99. The average Bonchev–Trinajstić information content (AvgIpc) is 2.99. The minimum atomic E-state index is 0. The molecule has 0 spiro atoms. The fourth-order valence-electron chi connectivity index (χ4n) is 2.41. The van der Waals surface area contributed by atoms with E-state index in [4.69, 9.17) is 13.9 Å². The largest absolute Gasteiger partial charge is 0.493 e. The number of nitrogens with one attached hydrogen (secondary N) is 2. The highest BCUT2D eigenvalue weighted by molar-refractivity contribution is 14.0. The summed E-state index contributed by atoms with van der Waals surface area (Å²) in [5, 5.41) is 6.48. The van der Waals surface area contributed by atoms with Crippen LogP contribution >= 0.6 is 24.0 Å². The lowest BCUT2D eigenvalue weighted by Crippen LogP contribution is -2.36. The third kappa shape index (κ3) is 8.47. The SMILES string of the molecule is CCNC(=NCc1cccc(OCCCOC)c1)NCc1nc(C)c(C)o1.I. The van der Waals surface area contributed by atoms with Crippen molar-refractivity contribution in [2.75, 3.05) is 26.9 Å². The molecule has 0 unspecified atom stereocenters. The summed E-state index contributed by atoms with van der Waals surface area (Å²) in [4.78, 5) is 9.00. The second kappa shape index (κ2) is 13.4. The maximum absolute atomic E-state index is 5.74. The first-order valence-corrected chi connectivity index (χ1v) is 9.28. The highest BCUT2D eigenvalue weighted by atomic mass is 127. The Morgan fingerprint density at radius 3 is 2.71 bits per heavy atom. The number of nitrogens with zero attached hydrogens (tertiary/aromatic N) is 2. The molecular formula is C20H31IN4O3. The highest BCUT2D eigenvalue weighted by Crippen LogP contribution is 2.14. The summed E-state index contributed by atoms with van der Waals surface area (Å²) in [6.07, 6.45) is 0.868. The number of aromatic nitrogens is 1. The number of oxazole rings is 1. The van der Waals surface area contributed by atoms with Crippen molar-refractivity contribution in [2.24, 2.45) is 4.99 Å². The van der Waals surface area contributed by atoms with Crippen LogP contribution in [0.3, 0.4) is 0 Å². The van der Waals surface area contributed by atoms with Crippen LogP contribution in [-0.2, 0) is 17.8 Å². The fraction of sp³-hybridized carbons (Fsp3) is 0.500. The number of guanidine groups is 1. The number of hydrogen-bond acceptors (Lipinski definition) is 5. The molecule has 0 fully saturated rings. The van der Waals surface area contributed by atoms with Crippen LogP contribution in [0.2, 0.25) is 0 Å². The van der Waals surface area contributed by atoms with E-state index in [2.05, 4.69) is 20.6 Å². The Morgan fingerprint density at radius 1 is 1.21 bits per heavy atom.